The van der Waals surface area contributed by atoms with E-state index in [-0.39, 0.29) is 0 Å². The van der Waals surface area contributed by atoms with Crippen LogP contribution in [0.15, 0.2) is 24.3 Å². The molecular weight excluding hydrogens is 232 g/mol. The Morgan fingerprint density at radius 2 is 1.84 bits per heavy atom. The Bertz CT molecular complexity index is 332. The van der Waals surface area contributed by atoms with E-state index >= 15 is 0 Å². The van der Waals surface area contributed by atoms with Crippen molar-refractivity contribution in [3.05, 3.63) is 29.8 Å². The van der Waals surface area contributed by atoms with Crippen LogP contribution in [0, 0.1) is 6.92 Å². The number of benzene rings is 1. The second kappa shape index (κ2) is 8.98. The molecule has 0 spiro atoms. The number of hydrogen-bond acceptors (Lipinski definition) is 2. The summed E-state index contributed by atoms with van der Waals surface area (Å²) in [6.07, 6.45) is 5.07. The molecule has 2 heteroatoms. The molecule has 0 aliphatic rings. The average Bonchev–Trinajstić information content (AvgIpc) is 2.41. The van der Waals surface area contributed by atoms with Gasteiger partial charge in [-0.25, -0.2) is 0 Å². The molecule has 1 aromatic carbocycles. The van der Waals surface area contributed by atoms with Crippen LogP contribution in [-0.4, -0.2) is 26.2 Å². The highest BCUT2D eigenvalue weighted by atomic mass is 15.1. The minimum absolute atomic E-state index is 0.657. The summed E-state index contributed by atoms with van der Waals surface area (Å²) in [6.45, 7) is 8.93. The van der Waals surface area contributed by atoms with Crippen molar-refractivity contribution < 1.29 is 0 Å². The maximum Gasteiger partial charge on any atom is 0.0363 e. The molecule has 0 fully saturated rings. The van der Waals surface area contributed by atoms with Gasteiger partial charge in [-0.05, 0) is 51.8 Å². The first-order valence-electron chi connectivity index (χ1n) is 7.64. The van der Waals surface area contributed by atoms with E-state index in [1.807, 2.05) is 0 Å². The largest absolute Gasteiger partial charge is 0.375 e. The lowest BCUT2D eigenvalue weighted by Gasteiger charge is -2.20. The van der Waals surface area contributed by atoms with Crippen LogP contribution in [0.2, 0.25) is 0 Å². The van der Waals surface area contributed by atoms with E-state index in [0.717, 1.165) is 13.1 Å². The van der Waals surface area contributed by atoms with Crippen molar-refractivity contribution in [3.8, 4) is 0 Å². The fraction of sp³-hybridized carbons (Fsp3) is 0.647. The zero-order chi connectivity index (χ0) is 14.1. The molecule has 0 heterocycles. The molecule has 0 radical (unpaired) electrons. The highest BCUT2D eigenvalue weighted by molar-refractivity contribution is 5.46. The molecule has 108 valence electrons. The minimum Gasteiger partial charge on any atom is -0.375 e. The number of aryl methyl sites for hydroxylation is 1. The molecule has 0 saturated heterocycles. The number of anilines is 1. The first kappa shape index (κ1) is 16.0. The normalized spacial score (nSPS) is 12.4. The van der Waals surface area contributed by atoms with Crippen LogP contribution in [0.1, 0.15) is 45.1 Å². The lowest BCUT2D eigenvalue weighted by Crippen LogP contribution is -2.27. The van der Waals surface area contributed by atoms with E-state index in [4.69, 9.17) is 0 Å². The van der Waals surface area contributed by atoms with Crippen LogP contribution in [-0.2, 0) is 0 Å². The lowest BCUT2D eigenvalue weighted by molar-refractivity contribution is 0.490. The standard InChI is InChI=1S/C17H30N2/c1-5-13-18-16(3)8-6-7-14-19(4)17-11-9-15(2)10-12-17/h9-12,16,18H,5-8,13-14H2,1-4H3. The van der Waals surface area contributed by atoms with Crippen LogP contribution in [0.3, 0.4) is 0 Å². The first-order chi connectivity index (χ1) is 9.13. The zero-order valence-corrected chi connectivity index (χ0v) is 13.1. The molecule has 1 rings (SSSR count). The van der Waals surface area contributed by atoms with Gasteiger partial charge in [-0.15, -0.1) is 0 Å². The van der Waals surface area contributed by atoms with Gasteiger partial charge in [0.25, 0.3) is 0 Å². The van der Waals surface area contributed by atoms with Crippen molar-refractivity contribution in [2.75, 3.05) is 25.0 Å². The Hall–Kier alpha value is -1.02. The molecule has 0 saturated carbocycles. The molecular formula is C17H30N2. The molecule has 0 aliphatic heterocycles. The number of nitrogens with zero attached hydrogens (tertiary/aromatic N) is 1. The van der Waals surface area contributed by atoms with Gasteiger partial charge < -0.3 is 10.2 Å². The van der Waals surface area contributed by atoms with E-state index in [0.29, 0.717) is 6.04 Å². The molecule has 1 aromatic rings. The molecule has 1 unspecified atom stereocenters. The fourth-order valence-electron chi connectivity index (χ4n) is 2.22. The number of nitrogens with one attached hydrogen (secondary N) is 1. The molecule has 0 amide bonds. The van der Waals surface area contributed by atoms with Crippen molar-refractivity contribution in [1.29, 1.82) is 0 Å². The van der Waals surface area contributed by atoms with Crippen molar-refractivity contribution in [1.82, 2.24) is 5.32 Å². The van der Waals surface area contributed by atoms with Crippen LogP contribution < -0.4 is 10.2 Å². The third-order valence-electron chi connectivity index (χ3n) is 3.60. The highest BCUT2D eigenvalue weighted by Gasteiger charge is 2.02. The Kier molecular flexibility index (Phi) is 7.57. The van der Waals surface area contributed by atoms with Crippen molar-refractivity contribution >= 4 is 5.69 Å². The fourth-order valence-corrected chi connectivity index (χ4v) is 2.22. The third kappa shape index (κ3) is 6.63. The van der Waals surface area contributed by atoms with E-state index in [9.17, 15) is 0 Å². The minimum atomic E-state index is 0.657. The summed E-state index contributed by atoms with van der Waals surface area (Å²) in [7, 11) is 2.18. The summed E-state index contributed by atoms with van der Waals surface area (Å²) in [5.74, 6) is 0. The number of unbranched alkanes of at least 4 members (excludes halogenated alkanes) is 1. The summed E-state index contributed by atoms with van der Waals surface area (Å²) in [6, 6.07) is 9.44. The van der Waals surface area contributed by atoms with Crippen LogP contribution in [0.25, 0.3) is 0 Å². The topological polar surface area (TPSA) is 15.3 Å². The Morgan fingerprint density at radius 1 is 1.16 bits per heavy atom. The SMILES string of the molecule is CCCNC(C)CCCCN(C)c1ccc(C)cc1. The molecule has 1 N–H and O–H groups in total. The molecule has 1 atom stereocenters. The first-order valence-corrected chi connectivity index (χ1v) is 7.64. The summed E-state index contributed by atoms with van der Waals surface area (Å²) < 4.78 is 0. The van der Waals surface area contributed by atoms with Gasteiger partial charge in [0, 0.05) is 25.3 Å². The van der Waals surface area contributed by atoms with Crippen LogP contribution in [0.5, 0.6) is 0 Å². The van der Waals surface area contributed by atoms with Crippen LogP contribution >= 0.6 is 0 Å². The monoisotopic (exact) mass is 262 g/mol. The maximum absolute atomic E-state index is 3.54. The molecule has 0 aromatic heterocycles. The van der Waals surface area contributed by atoms with E-state index in [2.05, 4.69) is 62.3 Å². The third-order valence-corrected chi connectivity index (χ3v) is 3.60. The Morgan fingerprint density at radius 3 is 2.47 bits per heavy atom. The van der Waals surface area contributed by atoms with Gasteiger partial charge in [-0.1, -0.05) is 31.0 Å². The number of hydrogen-bond donors (Lipinski definition) is 1. The molecule has 0 bridgehead atoms. The van der Waals surface area contributed by atoms with Gasteiger partial charge in [0.1, 0.15) is 0 Å². The van der Waals surface area contributed by atoms with E-state index in [1.165, 1.54) is 36.9 Å². The van der Waals surface area contributed by atoms with Crippen molar-refractivity contribution in [3.63, 3.8) is 0 Å². The smallest absolute Gasteiger partial charge is 0.0363 e. The molecule has 0 aliphatic carbocycles. The summed E-state index contributed by atoms with van der Waals surface area (Å²) in [5.41, 5.74) is 2.65. The zero-order valence-electron chi connectivity index (χ0n) is 13.1. The highest BCUT2D eigenvalue weighted by Crippen LogP contribution is 2.14. The van der Waals surface area contributed by atoms with E-state index in [1.54, 1.807) is 0 Å². The number of rotatable bonds is 9. The Balaban J connectivity index is 2.16. The van der Waals surface area contributed by atoms with Gasteiger partial charge in [-0.2, -0.15) is 0 Å². The quantitative estimate of drug-likeness (QED) is 0.677. The summed E-state index contributed by atoms with van der Waals surface area (Å²) in [4.78, 5) is 2.35. The van der Waals surface area contributed by atoms with Gasteiger partial charge in [-0.3, -0.25) is 0 Å². The van der Waals surface area contributed by atoms with Crippen molar-refractivity contribution in [2.24, 2.45) is 0 Å². The van der Waals surface area contributed by atoms with Gasteiger partial charge in [0.2, 0.25) is 0 Å². The van der Waals surface area contributed by atoms with Gasteiger partial charge in [0.05, 0.1) is 0 Å². The second-order valence-corrected chi connectivity index (χ2v) is 5.61. The van der Waals surface area contributed by atoms with Gasteiger partial charge >= 0.3 is 0 Å². The lowest BCUT2D eigenvalue weighted by atomic mass is 10.1. The summed E-state index contributed by atoms with van der Waals surface area (Å²) >= 11 is 0. The maximum atomic E-state index is 3.54. The van der Waals surface area contributed by atoms with Gasteiger partial charge in [0.15, 0.2) is 0 Å². The van der Waals surface area contributed by atoms with Crippen LogP contribution in [0.4, 0.5) is 5.69 Å². The molecule has 2 nitrogen and oxygen atoms in total. The van der Waals surface area contributed by atoms with Crippen molar-refractivity contribution in [2.45, 2.75) is 52.5 Å². The molecule has 19 heavy (non-hydrogen) atoms. The predicted octanol–water partition coefficient (Wildman–Crippen LogP) is 3.99. The second-order valence-electron chi connectivity index (χ2n) is 5.61. The Labute approximate surface area is 119 Å². The predicted molar refractivity (Wildman–Crippen MR) is 86.1 cm³/mol. The average molecular weight is 262 g/mol. The van der Waals surface area contributed by atoms with E-state index < -0.39 is 0 Å². The summed E-state index contributed by atoms with van der Waals surface area (Å²) in [5, 5.41) is 3.54.